The smallest absolute Gasteiger partial charge is 0.200 e. The van der Waals surface area contributed by atoms with Gasteiger partial charge < -0.3 is 9.33 Å². The molecule has 0 aromatic rings. The van der Waals surface area contributed by atoms with Gasteiger partial charge in [0.2, 0.25) is 0 Å². The maximum absolute atomic E-state index is 6.82. The molecule has 2 nitrogen and oxygen atoms in total. The molecule has 0 spiro atoms. The predicted molar refractivity (Wildman–Crippen MR) is 128 cm³/mol. The van der Waals surface area contributed by atoms with Crippen LogP contribution >= 0.6 is 15.9 Å². The SMILES string of the molecule is CC(C)[Si](OCCC1C[C@]1(CCCCCCCBr)N(C)C)(C(C)C)C(C)C. The van der Waals surface area contributed by atoms with Crippen LogP contribution in [0, 0.1) is 5.92 Å². The van der Waals surface area contributed by atoms with Crippen molar-refractivity contribution in [1.82, 2.24) is 4.90 Å². The molecule has 1 fully saturated rings. The van der Waals surface area contributed by atoms with Crippen LogP contribution in [0.4, 0.5) is 0 Å². The Morgan fingerprint density at radius 1 is 0.926 bits per heavy atom. The predicted octanol–water partition coefficient (Wildman–Crippen LogP) is 7.62. The first-order valence-corrected chi connectivity index (χ1v) is 14.8. The number of rotatable bonds is 15. The fourth-order valence-electron chi connectivity index (χ4n) is 5.75. The van der Waals surface area contributed by atoms with Gasteiger partial charge >= 0.3 is 0 Å². The van der Waals surface area contributed by atoms with Crippen molar-refractivity contribution in [1.29, 1.82) is 0 Å². The van der Waals surface area contributed by atoms with Crippen LogP contribution in [0.2, 0.25) is 16.6 Å². The third-order valence-electron chi connectivity index (χ3n) is 7.36. The zero-order valence-electron chi connectivity index (χ0n) is 19.6. The molecule has 0 aliphatic heterocycles. The molecule has 0 radical (unpaired) electrons. The number of unbranched alkanes of at least 4 members (excludes halogenated alkanes) is 4. The summed E-state index contributed by atoms with van der Waals surface area (Å²) in [6.07, 6.45) is 10.9. The van der Waals surface area contributed by atoms with Crippen molar-refractivity contribution < 1.29 is 4.43 Å². The lowest BCUT2D eigenvalue weighted by atomic mass is 10.0. The summed E-state index contributed by atoms with van der Waals surface area (Å²) in [5.74, 6) is 0.841. The Bertz CT molecular complexity index is 391. The number of hydrogen-bond acceptors (Lipinski definition) is 2. The van der Waals surface area contributed by atoms with Crippen LogP contribution in [-0.4, -0.2) is 44.8 Å². The molecular weight excluding hydrogens is 414 g/mol. The zero-order valence-corrected chi connectivity index (χ0v) is 22.2. The fraction of sp³-hybridized carbons (Fsp3) is 1.00. The summed E-state index contributed by atoms with van der Waals surface area (Å²) in [5, 5.41) is 1.16. The largest absolute Gasteiger partial charge is 0.416 e. The van der Waals surface area contributed by atoms with E-state index in [4.69, 9.17) is 4.43 Å². The molecule has 0 saturated heterocycles. The summed E-state index contributed by atoms with van der Waals surface area (Å²) < 4.78 is 6.82. The topological polar surface area (TPSA) is 12.5 Å². The van der Waals surface area contributed by atoms with Crippen LogP contribution in [0.25, 0.3) is 0 Å². The zero-order chi connectivity index (χ0) is 20.7. The number of halogens is 1. The van der Waals surface area contributed by atoms with Crippen molar-refractivity contribution in [2.24, 2.45) is 5.92 Å². The van der Waals surface area contributed by atoms with Gasteiger partial charge in [-0.2, -0.15) is 0 Å². The molecule has 0 aromatic heterocycles. The normalized spacial score (nSPS) is 23.2. The Balaban J connectivity index is 2.49. The standard InChI is InChI=1S/C23H48BrNOSi/c1-19(2)27(20(3)4,21(5)6)26-17-14-22-18-23(22,25(7)8)15-12-10-9-11-13-16-24/h19-22H,9-18H2,1-8H3/t22?,23-/m0/s1. The van der Waals surface area contributed by atoms with Crippen molar-refractivity contribution >= 4 is 24.2 Å². The molecule has 27 heavy (non-hydrogen) atoms. The van der Waals surface area contributed by atoms with E-state index in [-0.39, 0.29) is 0 Å². The van der Waals surface area contributed by atoms with Gasteiger partial charge in [-0.1, -0.05) is 83.2 Å². The van der Waals surface area contributed by atoms with Crippen LogP contribution in [0.5, 0.6) is 0 Å². The summed E-state index contributed by atoms with van der Waals surface area (Å²) in [7, 11) is 2.88. The molecule has 2 atom stereocenters. The van der Waals surface area contributed by atoms with E-state index in [1.165, 1.54) is 51.4 Å². The van der Waals surface area contributed by atoms with Crippen molar-refractivity contribution in [3.8, 4) is 0 Å². The second-order valence-corrected chi connectivity index (χ2v) is 16.3. The molecule has 1 unspecified atom stereocenters. The first-order valence-electron chi connectivity index (χ1n) is 11.5. The molecule has 0 bridgehead atoms. The molecule has 1 aliphatic carbocycles. The van der Waals surface area contributed by atoms with E-state index in [2.05, 4.69) is 76.5 Å². The van der Waals surface area contributed by atoms with Crippen molar-refractivity contribution in [3.63, 3.8) is 0 Å². The van der Waals surface area contributed by atoms with Crippen LogP contribution < -0.4 is 0 Å². The molecule has 0 aromatic carbocycles. The van der Waals surface area contributed by atoms with E-state index < -0.39 is 8.32 Å². The number of hydrogen-bond donors (Lipinski definition) is 0. The summed E-state index contributed by atoms with van der Waals surface area (Å²) in [5.41, 5.74) is 2.54. The van der Waals surface area contributed by atoms with Gasteiger partial charge in [0.25, 0.3) is 0 Å². The van der Waals surface area contributed by atoms with Gasteiger partial charge in [0.15, 0.2) is 8.32 Å². The highest BCUT2D eigenvalue weighted by Gasteiger charge is 2.54. The molecule has 0 amide bonds. The highest BCUT2D eigenvalue weighted by Crippen LogP contribution is 2.53. The minimum Gasteiger partial charge on any atom is -0.416 e. The first-order chi connectivity index (χ1) is 12.6. The Labute approximate surface area is 180 Å². The Morgan fingerprint density at radius 2 is 1.44 bits per heavy atom. The van der Waals surface area contributed by atoms with Gasteiger partial charge in [-0.25, -0.2) is 0 Å². The summed E-state index contributed by atoms with van der Waals surface area (Å²) in [6.45, 7) is 15.3. The third-order valence-corrected chi connectivity index (χ3v) is 14.0. The van der Waals surface area contributed by atoms with E-state index in [9.17, 15) is 0 Å². The molecule has 0 heterocycles. The van der Waals surface area contributed by atoms with Crippen molar-refractivity contribution in [2.75, 3.05) is 26.0 Å². The van der Waals surface area contributed by atoms with E-state index in [0.29, 0.717) is 22.2 Å². The van der Waals surface area contributed by atoms with E-state index in [0.717, 1.165) is 17.9 Å². The van der Waals surface area contributed by atoms with Gasteiger partial charge in [-0.05, 0) is 62.3 Å². The van der Waals surface area contributed by atoms with Gasteiger partial charge in [0, 0.05) is 17.5 Å². The van der Waals surface area contributed by atoms with Gasteiger partial charge in [-0.15, -0.1) is 0 Å². The summed E-state index contributed by atoms with van der Waals surface area (Å²) in [4.78, 5) is 2.52. The second-order valence-electron chi connectivity index (χ2n) is 10.1. The molecular formula is C23H48BrNOSi. The monoisotopic (exact) mass is 461 g/mol. The maximum atomic E-state index is 6.82. The third kappa shape index (κ3) is 6.55. The molecule has 4 heteroatoms. The van der Waals surface area contributed by atoms with Gasteiger partial charge in [0.1, 0.15) is 0 Å². The lowest BCUT2D eigenvalue weighted by Gasteiger charge is -2.42. The molecule has 162 valence electrons. The van der Waals surface area contributed by atoms with Crippen LogP contribution in [0.1, 0.15) is 92.9 Å². The molecule has 1 aliphatic rings. The molecule has 1 rings (SSSR count). The van der Waals surface area contributed by atoms with Crippen LogP contribution in [0.15, 0.2) is 0 Å². The Kier molecular flexibility index (Phi) is 11.1. The van der Waals surface area contributed by atoms with Gasteiger partial charge in [0.05, 0.1) is 0 Å². The number of alkyl halides is 1. The quantitative estimate of drug-likeness (QED) is 0.141. The maximum Gasteiger partial charge on any atom is 0.200 e. The molecule has 0 N–H and O–H groups in total. The molecule has 1 saturated carbocycles. The van der Waals surface area contributed by atoms with Crippen molar-refractivity contribution in [3.05, 3.63) is 0 Å². The van der Waals surface area contributed by atoms with E-state index in [1.807, 2.05) is 0 Å². The second kappa shape index (κ2) is 11.7. The Hall–Kier alpha value is 0.617. The minimum absolute atomic E-state index is 0.469. The van der Waals surface area contributed by atoms with Crippen LogP contribution in [-0.2, 0) is 4.43 Å². The van der Waals surface area contributed by atoms with E-state index in [1.54, 1.807) is 0 Å². The lowest BCUT2D eigenvalue weighted by Crippen LogP contribution is -2.48. The average Bonchev–Trinajstić information content (AvgIpc) is 3.28. The highest BCUT2D eigenvalue weighted by atomic mass is 79.9. The highest BCUT2D eigenvalue weighted by molar-refractivity contribution is 9.09. The minimum atomic E-state index is -1.70. The van der Waals surface area contributed by atoms with Crippen LogP contribution in [0.3, 0.4) is 0 Å². The van der Waals surface area contributed by atoms with Gasteiger partial charge in [-0.3, -0.25) is 0 Å². The number of nitrogens with zero attached hydrogens (tertiary/aromatic N) is 1. The lowest BCUT2D eigenvalue weighted by molar-refractivity contribution is 0.205. The first kappa shape index (κ1) is 25.7. The van der Waals surface area contributed by atoms with Crippen molar-refractivity contribution in [2.45, 2.75) is 115 Å². The summed E-state index contributed by atoms with van der Waals surface area (Å²) in [6, 6.07) is 0. The van der Waals surface area contributed by atoms with E-state index >= 15 is 0 Å². The fourth-order valence-corrected chi connectivity index (χ4v) is 11.6. The average molecular weight is 463 g/mol. The summed E-state index contributed by atoms with van der Waals surface area (Å²) >= 11 is 3.54. The Morgan fingerprint density at radius 3 is 1.93 bits per heavy atom.